The molecule has 110 valence electrons. The molecule has 1 atom stereocenters. The van der Waals surface area contributed by atoms with Gasteiger partial charge in [0.15, 0.2) is 0 Å². The molecule has 0 saturated heterocycles. The van der Waals surface area contributed by atoms with Crippen LogP contribution in [0.25, 0.3) is 11.0 Å². The Morgan fingerprint density at radius 3 is 2.90 bits per heavy atom. The van der Waals surface area contributed by atoms with Gasteiger partial charge in [-0.1, -0.05) is 23.8 Å². The maximum absolute atomic E-state index is 6.00. The fourth-order valence-electron chi connectivity index (χ4n) is 2.57. The highest BCUT2D eigenvalue weighted by Gasteiger charge is 2.17. The van der Waals surface area contributed by atoms with Gasteiger partial charge in [-0.15, -0.1) is 5.10 Å². The van der Waals surface area contributed by atoms with E-state index in [0.717, 1.165) is 35.4 Å². The Morgan fingerprint density at radius 2 is 2.19 bits per heavy atom. The third-order valence-corrected chi connectivity index (χ3v) is 3.55. The zero-order valence-electron chi connectivity index (χ0n) is 12.6. The molecule has 1 unspecified atom stereocenters. The number of aromatic nitrogens is 3. The quantitative estimate of drug-likeness (QED) is 0.782. The summed E-state index contributed by atoms with van der Waals surface area (Å²) in [6.07, 6.45) is 2.71. The minimum Gasteiger partial charge on any atom is -0.459 e. The fraction of sp³-hybridized carbons (Fsp3) is 0.375. The number of hydrogen-bond donors (Lipinski definition) is 1. The second kappa shape index (κ2) is 5.69. The minimum absolute atomic E-state index is 0.111. The number of benzene rings is 1. The molecule has 0 radical (unpaired) electrons. The predicted octanol–water partition coefficient (Wildman–Crippen LogP) is 2.76. The van der Waals surface area contributed by atoms with Crippen LogP contribution in [0, 0.1) is 6.92 Å². The molecular formula is C16H20N4O. The van der Waals surface area contributed by atoms with Crippen LogP contribution in [0.2, 0.25) is 0 Å². The Kier molecular flexibility index (Phi) is 3.75. The largest absolute Gasteiger partial charge is 0.459 e. The number of rotatable bonds is 5. The normalized spacial score (nSPS) is 12.9. The van der Waals surface area contributed by atoms with Gasteiger partial charge >= 0.3 is 0 Å². The zero-order chi connectivity index (χ0) is 14.8. The number of likely N-dealkylation sites (N-methyl/N-ethyl adjacent to an activating group) is 1. The van der Waals surface area contributed by atoms with Crippen LogP contribution in [-0.2, 0) is 13.5 Å². The van der Waals surface area contributed by atoms with Crippen LogP contribution < -0.4 is 5.32 Å². The summed E-state index contributed by atoms with van der Waals surface area (Å²) in [5.41, 5.74) is 3.13. The first kappa shape index (κ1) is 13.8. The summed E-state index contributed by atoms with van der Waals surface area (Å²) in [6.45, 7) is 5.06. The third-order valence-electron chi connectivity index (χ3n) is 3.55. The van der Waals surface area contributed by atoms with Crippen LogP contribution in [0.4, 0.5) is 0 Å². The first-order valence-electron chi connectivity index (χ1n) is 7.24. The van der Waals surface area contributed by atoms with Crippen LogP contribution >= 0.6 is 0 Å². The van der Waals surface area contributed by atoms with E-state index in [4.69, 9.17) is 4.42 Å². The standard InChI is InChI=1S/C16H20N4O/c1-4-17-14(9-13-10-20(3)19-18-13)16-8-12-7-11(2)5-6-15(12)21-16/h5-8,10,14,17H,4,9H2,1-3H3. The molecule has 0 bridgehead atoms. The molecule has 0 aliphatic carbocycles. The Bertz CT molecular complexity index is 744. The molecule has 3 aromatic rings. The van der Waals surface area contributed by atoms with Crippen LogP contribution in [0.5, 0.6) is 0 Å². The van der Waals surface area contributed by atoms with Crippen molar-refractivity contribution in [2.75, 3.05) is 6.54 Å². The van der Waals surface area contributed by atoms with Gasteiger partial charge in [-0.3, -0.25) is 4.68 Å². The smallest absolute Gasteiger partial charge is 0.134 e. The van der Waals surface area contributed by atoms with Gasteiger partial charge in [0.1, 0.15) is 11.3 Å². The Morgan fingerprint density at radius 1 is 1.33 bits per heavy atom. The summed E-state index contributed by atoms with van der Waals surface area (Å²) in [7, 11) is 1.88. The Hall–Kier alpha value is -2.14. The van der Waals surface area contributed by atoms with Gasteiger partial charge in [-0.05, 0) is 31.7 Å². The van der Waals surface area contributed by atoms with E-state index in [0.29, 0.717) is 0 Å². The van der Waals surface area contributed by atoms with Crippen molar-refractivity contribution < 1.29 is 4.42 Å². The first-order valence-corrected chi connectivity index (χ1v) is 7.24. The average Bonchev–Trinajstić information content (AvgIpc) is 3.04. The molecule has 0 saturated carbocycles. The molecule has 2 aromatic heterocycles. The van der Waals surface area contributed by atoms with Gasteiger partial charge in [-0.25, -0.2) is 0 Å². The number of nitrogens with zero attached hydrogens (tertiary/aromatic N) is 3. The maximum Gasteiger partial charge on any atom is 0.134 e. The number of nitrogens with one attached hydrogen (secondary N) is 1. The van der Waals surface area contributed by atoms with Crippen LogP contribution in [0.15, 0.2) is 34.9 Å². The second-order valence-electron chi connectivity index (χ2n) is 5.39. The first-order chi connectivity index (χ1) is 10.2. The lowest BCUT2D eigenvalue weighted by molar-refractivity contribution is 0.432. The zero-order valence-corrected chi connectivity index (χ0v) is 12.6. The maximum atomic E-state index is 6.00. The molecule has 2 heterocycles. The van der Waals surface area contributed by atoms with E-state index in [1.807, 2.05) is 19.3 Å². The van der Waals surface area contributed by atoms with E-state index in [2.05, 4.69) is 47.7 Å². The van der Waals surface area contributed by atoms with Crippen LogP contribution in [0.3, 0.4) is 0 Å². The van der Waals surface area contributed by atoms with Crippen molar-refractivity contribution in [2.45, 2.75) is 26.3 Å². The highest BCUT2D eigenvalue weighted by molar-refractivity contribution is 5.78. The van der Waals surface area contributed by atoms with E-state index in [1.165, 1.54) is 5.56 Å². The molecule has 1 aromatic carbocycles. The number of fused-ring (bicyclic) bond motifs is 1. The average molecular weight is 284 g/mol. The topological polar surface area (TPSA) is 55.9 Å². The predicted molar refractivity (Wildman–Crippen MR) is 82.1 cm³/mol. The van der Waals surface area contributed by atoms with Gasteiger partial charge in [0.25, 0.3) is 0 Å². The molecule has 0 aliphatic heterocycles. The summed E-state index contributed by atoms with van der Waals surface area (Å²) < 4.78 is 7.72. The summed E-state index contributed by atoms with van der Waals surface area (Å²) in [6, 6.07) is 8.47. The molecule has 0 amide bonds. The third kappa shape index (κ3) is 2.97. The fourth-order valence-corrected chi connectivity index (χ4v) is 2.57. The Labute approximate surface area is 123 Å². The van der Waals surface area contributed by atoms with E-state index < -0.39 is 0 Å². The van der Waals surface area contributed by atoms with Gasteiger partial charge in [0, 0.05) is 25.1 Å². The molecule has 3 rings (SSSR count). The molecule has 5 nitrogen and oxygen atoms in total. The number of aryl methyl sites for hydroxylation is 2. The number of furan rings is 1. The highest BCUT2D eigenvalue weighted by atomic mass is 16.3. The van der Waals surface area contributed by atoms with Crippen molar-refractivity contribution in [2.24, 2.45) is 7.05 Å². The van der Waals surface area contributed by atoms with Crippen LogP contribution in [-0.4, -0.2) is 21.5 Å². The lowest BCUT2D eigenvalue weighted by Crippen LogP contribution is -2.22. The molecule has 5 heteroatoms. The summed E-state index contributed by atoms with van der Waals surface area (Å²) in [4.78, 5) is 0. The van der Waals surface area contributed by atoms with Crippen molar-refractivity contribution >= 4 is 11.0 Å². The Balaban J connectivity index is 1.90. The molecular weight excluding hydrogens is 264 g/mol. The highest BCUT2D eigenvalue weighted by Crippen LogP contribution is 2.26. The second-order valence-corrected chi connectivity index (χ2v) is 5.39. The van der Waals surface area contributed by atoms with E-state index in [1.54, 1.807) is 4.68 Å². The van der Waals surface area contributed by atoms with Crippen molar-refractivity contribution in [3.63, 3.8) is 0 Å². The minimum atomic E-state index is 0.111. The summed E-state index contributed by atoms with van der Waals surface area (Å²) in [5, 5.41) is 12.8. The van der Waals surface area contributed by atoms with Crippen molar-refractivity contribution in [3.05, 3.63) is 47.5 Å². The van der Waals surface area contributed by atoms with Crippen molar-refractivity contribution in [1.82, 2.24) is 20.3 Å². The molecule has 0 fully saturated rings. The molecule has 0 spiro atoms. The molecule has 21 heavy (non-hydrogen) atoms. The van der Waals surface area contributed by atoms with Crippen molar-refractivity contribution in [1.29, 1.82) is 0 Å². The van der Waals surface area contributed by atoms with E-state index in [9.17, 15) is 0 Å². The lowest BCUT2D eigenvalue weighted by Gasteiger charge is -2.13. The van der Waals surface area contributed by atoms with Crippen LogP contribution in [0.1, 0.15) is 30.0 Å². The molecule has 1 N–H and O–H groups in total. The van der Waals surface area contributed by atoms with Gasteiger partial charge < -0.3 is 9.73 Å². The van der Waals surface area contributed by atoms with Gasteiger partial charge in [-0.2, -0.15) is 0 Å². The summed E-state index contributed by atoms with van der Waals surface area (Å²) in [5.74, 6) is 0.947. The molecule has 0 aliphatic rings. The van der Waals surface area contributed by atoms with Crippen molar-refractivity contribution in [3.8, 4) is 0 Å². The van der Waals surface area contributed by atoms with Gasteiger partial charge in [0.2, 0.25) is 0 Å². The lowest BCUT2D eigenvalue weighted by atomic mass is 10.1. The summed E-state index contributed by atoms with van der Waals surface area (Å²) >= 11 is 0. The SMILES string of the molecule is CCNC(Cc1cn(C)nn1)c1cc2cc(C)ccc2o1. The van der Waals surface area contributed by atoms with Gasteiger partial charge in [0.05, 0.1) is 11.7 Å². The van der Waals surface area contributed by atoms with E-state index in [-0.39, 0.29) is 6.04 Å². The monoisotopic (exact) mass is 284 g/mol. The number of hydrogen-bond acceptors (Lipinski definition) is 4. The van der Waals surface area contributed by atoms with E-state index >= 15 is 0 Å².